The first-order valence-electron chi connectivity index (χ1n) is 6.85. The van der Waals surface area contributed by atoms with Crippen LogP contribution in [0.5, 0.6) is 0 Å². The lowest BCUT2D eigenvalue weighted by atomic mass is 10.2. The number of aliphatic hydroxyl groups is 2. The Morgan fingerprint density at radius 1 is 1.22 bits per heavy atom. The Bertz CT molecular complexity index is 235. The molecule has 0 bridgehead atoms. The molecule has 5 nitrogen and oxygen atoms in total. The number of ether oxygens (including phenoxy) is 1. The molecular formula is C13H25NO4. The van der Waals surface area contributed by atoms with Crippen molar-refractivity contribution in [3.63, 3.8) is 0 Å². The number of unbranched alkanes of at least 4 members (excludes halogenated alkanes) is 2. The maximum absolute atomic E-state index is 12.0. The number of rotatable bonds is 8. The maximum Gasteiger partial charge on any atom is 0.249 e. The Morgan fingerprint density at radius 2 is 1.83 bits per heavy atom. The highest BCUT2D eigenvalue weighted by atomic mass is 16.5. The summed E-state index contributed by atoms with van der Waals surface area (Å²) in [6.45, 7) is 2.68. The Hall–Kier alpha value is -0.650. The molecule has 106 valence electrons. The number of nitrogens with zero attached hydrogens (tertiary/aromatic N) is 1. The summed E-state index contributed by atoms with van der Waals surface area (Å²) in [7, 11) is 0. The van der Waals surface area contributed by atoms with Crippen LogP contribution in [0.25, 0.3) is 0 Å². The summed E-state index contributed by atoms with van der Waals surface area (Å²) in [6, 6.07) is -0.317. The average Bonchev–Trinajstić information content (AvgIpc) is 2.81. The fourth-order valence-electron chi connectivity index (χ4n) is 2.42. The number of carbonyl (C=O) groups excluding carboxylic acids is 1. The predicted octanol–water partition coefficient (Wildman–Crippen LogP) is 0.537. The smallest absolute Gasteiger partial charge is 0.249 e. The van der Waals surface area contributed by atoms with Crippen molar-refractivity contribution in [2.45, 2.75) is 51.1 Å². The molecule has 0 aromatic heterocycles. The second kappa shape index (κ2) is 8.45. The fourth-order valence-corrected chi connectivity index (χ4v) is 2.42. The van der Waals surface area contributed by atoms with Crippen molar-refractivity contribution in [2.24, 2.45) is 0 Å². The van der Waals surface area contributed by atoms with Crippen molar-refractivity contribution in [1.29, 1.82) is 0 Å². The van der Waals surface area contributed by atoms with Gasteiger partial charge in [-0.25, -0.2) is 0 Å². The van der Waals surface area contributed by atoms with Crippen molar-refractivity contribution in [3.8, 4) is 0 Å². The SMILES string of the molecule is CCCCCOCC(=O)N1[C@@H](CO)CC[C@@H]1CO. The van der Waals surface area contributed by atoms with E-state index in [0.29, 0.717) is 6.61 Å². The molecule has 0 unspecified atom stereocenters. The van der Waals surface area contributed by atoms with E-state index in [4.69, 9.17) is 4.74 Å². The molecule has 1 fully saturated rings. The van der Waals surface area contributed by atoms with Crippen LogP contribution in [0.2, 0.25) is 0 Å². The minimum atomic E-state index is -0.158. The molecule has 1 aliphatic rings. The van der Waals surface area contributed by atoms with Gasteiger partial charge in [0.15, 0.2) is 0 Å². The molecule has 0 aliphatic carbocycles. The van der Waals surface area contributed by atoms with E-state index in [-0.39, 0.29) is 37.8 Å². The fraction of sp³-hybridized carbons (Fsp3) is 0.923. The van der Waals surface area contributed by atoms with E-state index in [1.165, 1.54) is 0 Å². The quantitative estimate of drug-likeness (QED) is 0.624. The van der Waals surface area contributed by atoms with Crippen molar-refractivity contribution >= 4 is 5.91 Å². The van der Waals surface area contributed by atoms with Crippen LogP contribution in [0.15, 0.2) is 0 Å². The van der Waals surface area contributed by atoms with Gasteiger partial charge in [-0.1, -0.05) is 19.8 Å². The van der Waals surface area contributed by atoms with Gasteiger partial charge in [-0.05, 0) is 19.3 Å². The van der Waals surface area contributed by atoms with Crippen LogP contribution >= 0.6 is 0 Å². The molecular weight excluding hydrogens is 234 g/mol. The molecule has 1 aliphatic heterocycles. The minimum absolute atomic E-state index is 0.0436. The summed E-state index contributed by atoms with van der Waals surface area (Å²) in [5.41, 5.74) is 0. The Morgan fingerprint density at radius 3 is 2.33 bits per heavy atom. The summed E-state index contributed by atoms with van der Waals surface area (Å²) in [5.74, 6) is -0.123. The summed E-state index contributed by atoms with van der Waals surface area (Å²) in [6.07, 6.45) is 4.71. The van der Waals surface area contributed by atoms with E-state index in [2.05, 4.69) is 6.92 Å². The highest BCUT2D eigenvalue weighted by Crippen LogP contribution is 2.23. The molecule has 1 saturated heterocycles. The van der Waals surface area contributed by atoms with E-state index in [1.807, 2.05) is 0 Å². The molecule has 2 atom stereocenters. The highest BCUT2D eigenvalue weighted by molar-refractivity contribution is 5.78. The Balaban J connectivity index is 2.33. The minimum Gasteiger partial charge on any atom is -0.394 e. The molecule has 0 radical (unpaired) electrons. The molecule has 18 heavy (non-hydrogen) atoms. The molecule has 1 rings (SSSR count). The first-order valence-corrected chi connectivity index (χ1v) is 6.85. The van der Waals surface area contributed by atoms with Gasteiger partial charge in [-0.3, -0.25) is 4.79 Å². The van der Waals surface area contributed by atoms with Crippen LogP contribution in [-0.4, -0.2) is 59.5 Å². The lowest BCUT2D eigenvalue weighted by Crippen LogP contribution is -2.46. The molecule has 0 aromatic carbocycles. The number of aliphatic hydroxyl groups excluding tert-OH is 2. The molecule has 1 heterocycles. The average molecular weight is 259 g/mol. The Kier molecular flexibility index (Phi) is 7.23. The van der Waals surface area contributed by atoms with Crippen LogP contribution in [0.3, 0.4) is 0 Å². The third-order valence-electron chi connectivity index (χ3n) is 3.45. The van der Waals surface area contributed by atoms with Crippen molar-refractivity contribution < 1.29 is 19.7 Å². The molecule has 2 N–H and O–H groups in total. The van der Waals surface area contributed by atoms with Crippen molar-refractivity contribution in [2.75, 3.05) is 26.4 Å². The number of likely N-dealkylation sites (tertiary alicyclic amines) is 1. The summed E-state index contributed by atoms with van der Waals surface area (Å²) >= 11 is 0. The molecule has 0 spiro atoms. The highest BCUT2D eigenvalue weighted by Gasteiger charge is 2.35. The van der Waals surface area contributed by atoms with Gasteiger partial charge in [-0.15, -0.1) is 0 Å². The van der Waals surface area contributed by atoms with Crippen LogP contribution in [0.4, 0.5) is 0 Å². The van der Waals surface area contributed by atoms with Crippen LogP contribution in [-0.2, 0) is 9.53 Å². The normalized spacial score (nSPS) is 23.6. The monoisotopic (exact) mass is 259 g/mol. The second-order valence-corrected chi connectivity index (χ2v) is 4.81. The zero-order chi connectivity index (χ0) is 13.4. The van der Waals surface area contributed by atoms with Gasteiger partial charge in [0.05, 0.1) is 25.3 Å². The van der Waals surface area contributed by atoms with Gasteiger partial charge in [0.25, 0.3) is 0 Å². The summed E-state index contributed by atoms with van der Waals surface area (Å²) < 4.78 is 5.34. The molecule has 5 heteroatoms. The summed E-state index contributed by atoms with van der Waals surface area (Å²) in [5, 5.41) is 18.4. The molecule has 1 amide bonds. The molecule has 0 saturated carbocycles. The first kappa shape index (κ1) is 15.4. The first-order chi connectivity index (χ1) is 8.74. The van der Waals surface area contributed by atoms with Gasteiger partial charge in [-0.2, -0.15) is 0 Å². The Labute approximate surface area is 109 Å². The van der Waals surface area contributed by atoms with Gasteiger partial charge < -0.3 is 19.8 Å². The topological polar surface area (TPSA) is 70.0 Å². The van der Waals surface area contributed by atoms with Crippen molar-refractivity contribution in [1.82, 2.24) is 4.90 Å². The van der Waals surface area contributed by atoms with E-state index in [9.17, 15) is 15.0 Å². The lowest BCUT2D eigenvalue weighted by Gasteiger charge is -2.28. The van der Waals surface area contributed by atoms with Crippen LogP contribution in [0.1, 0.15) is 39.0 Å². The van der Waals surface area contributed by atoms with Gasteiger partial charge >= 0.3 is 0 Å². The van der Waals surface area contributed by atoms with E-state index in [0.717, 1.165) is 32.1 Å². The number of amides is 1. The van der Waals surface area contributed by atoms with E-state index < -0.39 is 0 Å². The third-order valence-corrected chi connectivity index (χ3v) is 3.45. The lowest BCUT2D eigenvalue weighted by molar-refractivity contribution is -0.140. The predicted molar refractivity (Wildman–Crippen MR) is 68.2 cm³/mol. The second-order valence-electron chi connectivity index (χ2n) is 4.81. The number of hydrogen-bond acceptors (Lipinski definition) is 4. The third kappa shape index (κ3) is 4.23. The number of hydrogen-bond donors (Lipinski definition) is 2. The standard InChI is InChI=1S/C13H25NO4/c1-2-3-4-7-18-10-13(17)14-11(8-15)5-6-12(14)9-16/h11-12,15-16H,2-10H2,1H3/t11-,12-/m1/s1. The van der Waals surface area contributed by atoms with Crippen LogP contribution < -0.4 is 0 Å². The van der Waals surface area contributed by atoms with E-state index >= 15 is 0 Å². The zero-order valence-electron chi connectivity index (χ0n) is 11.2. The van der Waals surface area contributed by atoms with Gasteiger partial charge in [0.2, 0.25) is 5.91 Å². The van der Waals surface area contributed by atoms with Gasteiger partial charge in [0, 0.05) is 6.61 Å². The zero-order valence-corrected chi connectivity index (χ0v) is 11.2. The largest absolute Gasteiger partial charge is 0.394 e. The van der Waals surface area contributed by atoms with E-state index in [1.54, 1.807) is 4.90 Å². The van der Waals surface area contributed by atoms with Crippen LogP contribution in [0, 0.1) is 0 Å². The number of carbonyl (C=O) groups is 1. The molecule has 0 aromatic rings. The van der Waals surface area contributed by atoms with Gasteiger partial charge in [0.1, 0.15) is 6.61 Å². The maximum atomic E-state index is 12.0. The summed E-state index contributed by atoms with van der Waals surface area (Å²) in [4.78, 5) is 13.6. The van der Waals surface area contributed by atoms with Crippen molar-refractivity contribution in [3.05, 3.63) is 0 Å².